The minimum Gasteiger partial charge on any atom is -0.500 e. The van der Waals surface area contributed by atoms with Crippen LogP contribution in [0.15, 0.2) is 102 Å². The fourth-order valence-electron chi connectivity index (χ4n) is 4.25. The van der Waals surface area contributed by atoms with Crippen molar-refractivity contribution >= 4 is 32.7 Å². The molecule has 0 saturated carbocycles. The van der Waals surface area contributed by atoms with Gasteiger partial charge in [0.1, 0.15) is 5.58 Å². The first-order chi connectivity index (χ1) is 22.2. The van der Waals surface area contributed by atoms with E-state index in [4.69, 9.17) is 16.8 Å². The Bertz CT molecular complexity index is 2190. The Morgan fingerprint density at radius 1 is 0.667 bits per heavy atom. The molecular formula is C34H25IrN3O-2. The van der Waals surface area contributed by atoms with Gasteiger partial charge in [-0.2, -0.15) is 0 Å². The molecule has 193 valence electrons. The number of aryl methyl sites for hydroxylation is 3. The number of pyridine rings is 3. The van der Waals surface area contributed by atoms with Gasteiger partial charge in [0.15, 0.2) is 0 Å². The number of fused-ring (bicyclic) bond motifs is 5. The fourth-order valence-corrected chi connectivity index (χ4v) is 4.25. The molecule has 0 unspecified atom stereocenters. The van der Waals surface area contributed by atoms with Crippen LogP contribution in [0.3, 0.4) is 0 Å². The third kappa shape index (κ3) is 5.37. The smallest absolute Gasteiger partial charge is 0.128 e. The minimum atomic E-state index is -2.32. The van der Waals surface area contributed by atoms with E-state index in [1.807, 2.05) is 36.4 Å². The first-order valence-corrected chi connectivity index (χ1v) is 11.8. The van der Waals surface area contributed by atoms with Crippen LogP contribution in [0.2, 0.25) is 0 Å². The van der Waals surface area contributed by atoms with Crippen LogP contribution >= 0.6 is 0 Å². The van der Waals surface area contributed by atoms with Gasteiger partial charge < -0.3 is 14.4 Å². The Labute approximate surface area is 253 Å². The molecule has 0 amide bonds. The maximum atomic E-state index is 7.66. The summed E-state index contributed by atoms with van der Waals surface area (Å²) in [5.41, 5.74) is 4.24. The van der Waals surface area contributed by atoms with E-state index in [1.165, 1.54) is 24.7 Å². The van der Waals surface area contributed by atoms with Crippen molar-refractivity contribution in [2.75, 3.05) is 0 Å². The van der Waals surface area contributed by atoms with Crippen LogP contribution in [-0.2, 0) is 20.1 Å². The monoisotopic (exact) mass is 693 g/mol. The molecular weight excluding hydrogens is 659 g/mol. The van der Waals surface area contributed by atoms with Crippen molar-refractivity contribution in [2.45, 2.75) is 20.6 Å². The van der Waals surface area contributed by atoms with Gasteiger partial charge in [-0.25, -0.2) is 0 Å². The van der Waals surface area contributed by atoms with Crippen LogP contribution in [0.25, 0.3) is 55.2 Å². The number of hydrogen-bond acceptors (Lipinski definition) is 4. The summed E-state index contributed by atoms with van der Waals surface area (Å²) >= 11 is 0. The number of aromatic nitrogens is 3. The zero-order chi connectivity index (χ0) is 33.6. The van der Waals surface area contributed by atoms with Crippen LogP contribution in [0, 0.1) is 32.7 Å². The molecule has 7 aromatic rings. The Balaban J connectivity index is 0.000000224. The van der Waals surface area contributed by atoms with E-state index in [9.17, 15) is 0 Å². The molecule has 39 heavy (non-hydrogen) atoms. The Morgan fingerprint density at radius 2 is 1.46 bits per heavy atom. The first-order valence-electron chi connectivity index (χ1n) is 16.3. The molecule has 4 heterocycles. The van der Waals surface area contributed by atoms with Crippen molar-refractivity contribution in [3.05, 3.63) is 126 Å². The Hall–Kier alpha value is -4.18. The molecule has 0 aliphatic rings. The van der Waals surface area contributed by atoms with Crippen molar-refractivity contribution in [3.8, 4) is 22.5 Å². The van der Waals surface area contributed by atoms with Crippen molar-refractivity contribution in [3.63, 3.8) is 0 Å². The molecule has 0 fully saturated rings. The molecule has 4 nitrogen and oxygen atoms in total. The van der Waals surface area contributed by atoms with E-state index in [1.54, 1.807) is 36.4 Å². The summed E-state index contributed by atoms with van der Waals surface area (Å²) in [7, 11) is 0. The molecule has 0 aliphatic carbocycles. The second-order valence-electron chi connectivity index (χ2n) is 8.57. The summed E-state index contributed by atoms with van der Waals surface area (Å²) in [6, 6.07) is 29.0. The van der Waals surface area contributed by atoms with Gasteiger partial charge in [0.05, 0.1) is 5.58 Å². The summed E-state index contributed by atoms with van der Waals surface area (Å²) in [4.78, 5) is 12.5. The average Bonchev–Trinajstić information content (AvgIpc) is 3.44. The minimum absolute atomic E-state index is 0. The van der Waals surface area contributed by atoms with Crippen molar-refractivity contribution in [2.24, 2.45) is 0 Å². The first kappa shape index (κ1) is 17.4. The maximum Gasteiger partial charge on any atom is 0.128 e. The van der Waals surface area contributed by atoms with E-state index in [0.29, 0.717) is 27.8 Å². The predicted octanol–water partition coefficient (Wildman–Crippen LogP) is 8.47. The Morgan fingerprint density at radius 3 is 2.15 bits per heavy atom. The Kier molecular flexibility index (Phi) is 5.04. The predicted molar refractivity (Wildman–Crippen MR) is 154 cm³/mol. The normalized spacial score (nSPS) is 15.1. The SMILES string of the molecule is [2H]C([2H])([2H])c1ccc(-c2[c-]ccc3c2oc2c4cc(C([2H])([2H])[2H])ncc4ccc32)nc1.[2H]C([2H])([2H])c1ccc(-c2[c-]cccc2)nc1.[Ir]. The standard InChI is InChI=1S/C22H15N2O.C12H10N.Ir/c1-13-6-9-20(24-11-13)18-5-3-4-16-17-8-7-15-12-23-14(2)10-19(15)22(17)25-21(16)18;1-10-7-8-12(13-9-10)11-5-3-2-4-6-11;/h3-4,6-12H,1-2H3;2-5,7-9H,1H3;/q2*-1;/i1D3,2D3;1D3;. The zero-order valence-electron chi connectivity index (χ0n) is 29.3. The number of hydrogen-bond donors (Lipinski definition) is 0. The molecule has 4 aromatic heterocycles. The summed E-state index contributed by atoms with van der Waals surface area (Å²) in [6.07, 6.45) is 4.26. The molecule has 0 saturated heterocycles. The second kappa shape index (κ2) is 11.3. The van der Waals surface area contributed by atoms with E-state index < -0.39 is 20.6 Å². The van der Waals surface area contributed by atoms with Crippen LogP contribution in [0.5, 0.6) is 0 Å². The largest absolute Gasteiger partial charge is 0.500 e. The van der Waals surface area contributed by atoms with Gasteiger partial charge in [-0.3, -0.25) is 4.98 Å². The average molecular weight is 693 g/mol. The van der Waals surface area contributed by atoms with Crippen molar-refractivity contribution in [1.82, 2.24) is 15.0 Å². The van der Waals surface area contributed by atoms with E-state index in [0.717, 1.165) is 27.4 Å². The van der Waals surface area contributed by atoms with Gasteiger partial charge in [-0.05, 0) is 49.1 Å². The molecule has 5 heteroatoms. The molecule has 7 rings (SSSR count). The summed E-state index contributed by atoms with van der Waals surface area (Å²) < 4.78 is 73.4. The number of furan rings is 1. The maximum absolute atomic E-state index is 7.66. The van der Waals surface area contributed by atoms with Crippen LogP contribution in [0.1, 0.15) is 29.2 Å². The molecule has 3 aromatic carbocycles. The number of rotatable bonds is 2. The quantitative estimate of drug-likeness (QED) is 0.171. The second-order valence-corrected chi connectivity index (χ2v) is 8.57. The van der Waals surface area contributed by atoms with Gasteiger partial charge >= 0.3 is 0 Å². The van der Waals surface area contributed by atoms with E-state index >= 15 is 0 Å². The van der Waals surface area contributed by atoms with E-state index in [2.05, 4.69) is 27.1 Å². The molecule has 0 aliphatic heterocycles. The fraction of sp³-hybridized carbons (Fsp3) is 0.0882. The summed E-state index contributed by atoms with van der Waals surface area (Å²) in [5.74, 6) is 0. The van der Waals surface area contributed by atoms with Crippen LogP contribution in [-0.4, -0.2) is 15.0 Å². The van der Waals surface area contributed by atoms with Crippen LogP contribution < -0.4 is 0 Å². The number of benzene rings is 3. The van der Waals surface area contributed by atoms with Gasteiger partial charge in [0, 0.05) is 72.9 Å². The summed E-state index contributed by atoms with van der Waals surface area (Å²) in [6.45, 7) is -6.64. The van der Waals surface area contributed by atoms with Crippen molar-refractivity contribution in [1.29, 1.82) is 0 Å². The molecule has 0 spiro atoms. The van der Waals surface area contributed by atoms with Gasteiger partial charge in [0.2, 0.25) is 0 Å². The van der Waals surface area contributed by atoms with Gasteiger partial charge in [-0.1, -0.05) is 47.3 Å². The molecule has 0 atom stereocenters. The van der Waals surface area contributed by atoms with Gasteiger partial charge in [-0.15, -0.1) is 54.1 Å². The zero-order valence-corrected chi connectivity index (χ0v) is 22.7. The molecule has 0 bridgehead atoms. The molecule has 0 N–H and O–H groups in total. The van der Waals surface area contributed by atoms with E-state index in [-0.39, 0.29) is 36.9 Å². The topological polar surface area (TPSA) is 51.8 Å². The summed E-state index contributed by atoms with van der Waals surface area (Å²) in [5, 5.41) is 3.09. The third-order valence-corrected chi connectivity index (χ3v) is 6.07. The molecule has 1 radical (unpaired) electrons. The third-order valence-electron chi connectivity index (χ3n) is 6.07. The van der Waals surface area contributed by atoms with Crippen molar-refractivity contribution < 1.29 is 36.9 Å². The number of nitrogens with zero attached hydrogens (tertiary/aromatic N) is 3. The van der Waals surface area contributed by atoms with Crippen LogP contribution in [0.4, 0.5) is 0 Å². The van der Waals surface area contributed by atoms with Gasteiger partial charge in [0.25, 0.3) is 0 Å².